The van der Waals surface area contributed by atoms with E-state index < -0.39 is 32.4 Å². The van der Waals surface area contributed by atoms with Crippen molar-refractivity contribution in [1.29, 1.82) is 0 Å². The normalized spacial score (nSPS) is 17.8. The van der Waals surface area contributed by atoms with Crippen LogP contribution in [0, 0.1) is 23.4 Å². The maximum absolute atomic E-state index is 13.4. The van der Waals surface area contributed by atoms with E-state index in [4.69, 9.17) is 5.11 Å². The molecule has 2 rings (SSSR count). The fourth-order valence-electron chi connectivity index (χ4n) is 1.68. The Morgan fingerprint density at radius 2 is 1.83 bits per heavy atom. The van der Waals surface area contributed by atoms with Crippen molar-refractivity contribution < 1.29 is 26.7 Å². The Hall–Kier alpha value is -1.12. The molecule has 1 aromatic rings. The summed E-state index contributed by atoms with van der Waals surface area (Å²) in [5, 5.41) is 8.77. The van der Waals surface area contributed by atoms with Gasteiger partial charge in [0, 0.05) is 25.6 Å². The summed E-state index contributed by atoms with van der Waals surface area (Å²) in [5.41, 5.74) is 0. The lowest BCUT2D eigenvalue weighted by molar-refractivity contribution is 0.117. The molecule has 1 aliphatic rings. The molecular weight excluding hydrogens is 271 g/mol. The molecule has 1 aromatic carbocycles. The average molecular weight is 281 g/mol. The van der Waals surface area contributed by atoms with E-state index in [1.807, 2.05) is 0 Å². The Labute approximate surface area is 102 Å². The maximum atomic E-state index is 13.4. The molecule has 0 unspecified atom stereocenters. The minimum atomic E-state index is -4.17. The Balaban J connectivity index is 2.35. The third kappa shape index (κ3) is 2.00. The molecule has 0 amide bonds. The molecular formula is C10H10F3NO3S. The van der Waals surface area contributed by atoms with E-state index in [2.05, 4.69) is 0 Å². The molecule has 0 bridgehead atoms. The van der Waals surface area contributed by atoms with Crippen molar-refractivity contribution in [3.63, 3.8) is 0 Å². The number of sulfonamides is 1. The highest BCUT2D eigenvalue weighted by Gasteiger charge is 2.38. The van der Waals surface area contributed by atoms with Crippen molar-refractivity contribution in [1.82, 2.24) is 4.31 Å². The van der Waals surface area contributed by atoms with Crippen LogP contribution in [0.3, 0.4) is 0 Å². The van der Waals surface area contributed by atoms with E-state index in [0.717, 1.165) is 4.31 Å². The molecule has 1 heterocycles. The summed E-state index contributed by atoms with van der Waals surface area (Å²) >= 11 is 0. The van der Waals surface area contributed by atoms with E-state index in [1.165, 1.54) is 0 Å². The second kappa shape index (κ2) is 4.52. The summed E-state index contributed by atoms with van der Waals surface area (Å²) in [6, 6.07) is 1.25. The summed E-state index contributed by atoms with van der Waals surface area (Å²) in [5.74, 6) is -5.17. The van der Waals surface area contributed by atoms with Crippen molar-refractivity contribution in [3.05, 3.63) is 29.6 Å². The minimum absolute atomic E-state index is 0.0390. The molecule has 1 N–H and O–H groups in total. The maximum Gasteiger partial charge on any atom is 0.246 e. The lowest BCUT2D eigenvalue weighted by Crippen LogP contribution is -2.51. The van der Waals surface area contributed by atoms with Crippen LogP contribution in [0.15, 0.2) is 17.0 Å². The third-order valence-electron chi connectivity index (χ3n) is 2.80. The van der Waals surface area contributed by atoms with E-state index in [-0.39, 0.29) is 25.6 Å². The number of halogens is 3. The molecule has 0 radical (unpaired) electrons. The molecule has 0 aliphatic carbocycles. The van der Waals surface area contributed by atoms with Gasteiger partial charge >= 0.3 is 0 Å². The predicted molar refractivity (Wildman–Crippen MR) is 55.7 cm³/mol. The number of aliphatic hydroxyl groups excluding tert-OH is 1. The number of benzene rings is 1. The van der Waals surface area contributed by atoms with E-state index in [0.29, 0.717) is 12.1 Å². The largest absolute Gasteiger partial charge is 0.396 e. The molecule has 8 heteroatoms. The van der Waals surface area contributed by atoms with Crippen molar-refractivity contribution in [2.24, 2.45) is 5.92 Å². The molecule has 100 valence electrons. The molecule has 18 heavy (non-hydrogen) atoms. The van der Waals surface area contributed by atoms with Crippen LogP contribution in [-0.2, 0) is 10.0 Å². The summed E-state index contributed by atoms with van der Waals surface area (Å²) < 4.78 is 63.7. The van der Waals surface area contributed by atoms with E-state index in [9.17, 15) is 21.6 Å². The Morgan fingerprint density at radius 1 is 1.22 bits per heavy atom. The second-order valence-corrected chi connectivity index (χ2v) is 5.95. The highest BCUT2D eigenvalue weighted by atomic mass is 32.2. The Kier molecular flexibility index (Phi) is 3.35. The molecule has 0 aromatic heterocycles. The van der Waals surface area contributed by atoms with Crippen LogP contribution >= 0.6 is 0 Å². The smallest absolute Gasteiger partial charge is 0.246 e. The number of aliphatic hydroxyl groups is 1. The van der Waals surface area contributed by atoms with Crippen molar-refractivity contribution in [2.45, 2.75) is 4.90 Å². The van der Waals surface area contributed by atoms with Crippen LogP contribution < -0.4 is 0 Å². The first-order valence-electron chi connectivity index (χ1n) is 5.12. The predicted octanol–water partition coefficient (Wildman–Crippen LogP) is 0.717. The molecule has 0 spiro atoms. The molecule has 1 fully saturated rings. The third-order valence-corrected chi connectivity index (χ3v) is 4.65. The summed E-state index contributed by atoms with van der Waals surface area (Å²) in [4.78, 5) is -0.891. The van der Waals surface area contributed by atoms with Gasteiger partial charge in [0.15, 0.2) is 17.5 Å². The number of nitrogens with zero attached hydrogens (tertiary/aromatic N) is 1. The quantitative estimate of drug-likeness (QED) is 0.830. The zero-order valence-corrected chi connectivity index (χ0v) is 9.92. The topological polar surface area (TPSA) is 57.6 Å². The zero-order chi connectivity index (χ0) is 13.5. The first-order valence-corrected chi connectivity index (χ1v) is 6.56. The van der Waals surface area contributed by atoms with Crippen LogP contribution in [0.1, 0.15) is 0 Å². The number of hydrogen-bond acceptors (Lipinski definition) is 3. The van der Waals surface area contributed by atoms with Crippen LogP contribution in [0.2, 0.25) is 0 Å². The fourth-order valence-corrected chi connectivity index (χ4v) is 3.33. The highest BCUT2D eigenvalue weighted by Crippen LogP contribution is 2.28. The summed E-state index contributed by atoms with van der Waals surface area (Å²) in [7, 11) is -4.17. The van der Waals surface area contributed by atoms with E-state index in [1.54, 1.807) is 0 Å². The Morgan fingerprint density at radius 3 is 2.39 bits per heavy atom. The van der Waals surface area contributed by atoms with Crippen LogP contribution in [0.4, 0.5) is 13.2 Å². The van der Waals surface area contributed by atoms with Gasteiger partial charge in [0.25, 0.3) is 0 Å². The number of hydrogen-bond donors (Lipinski definition) is 1. The van der Waals surface area contributed by atoms with Gasteiger partial charge in [-0.3, -0.25) is 0 Å². The second-order valence-electron chi connectivity index (χ2n) is 4.04. The van der Waals surface area contributed by atoms with Crippen LogP contribution in [0.25, 0.3) is 0 Å². The van der Waals surface area contributed by atoms with Crippen molar-refractivity contribution >= 4 is 10.0 Å². The lowest BCUT2D eigenvalue weighted by Gasteiger charge is -2.36. The van der Waals surface area contributed by atoms with Crippen LogP contribution in [0.5, 0.6) is 0 Å². The van der Waals surface area contributed by atoms with Gasteiger partial charge in [-0.25, -0.2) is 21.6 Å². The molecule has 1 aliphatic heterocycles. The standard InChI is InChI=1S/C10H10F3NO3S/c11-7-1-2-8(10(13)9(7)12)18(16,17)14-3-6(4-14)5-15/h1-2,6,15H,3-5H2. The summed E-state index contributed by atoms with van der Waals surface area (Å²) in [6.07, 6.45) is 0. The SMILES string of the molecule is O=S(=O)(c1ccc(F)c(F)c1F)N1CC(CO)C1. The molecule has 0 atom stereocenters. The van der Waals surface area contributed by atoms with Crippen molar-refractivity contribution in [2.75, 3.05) is 19.7 Å². The van der Waals surface area contributed by atoms with Gasteiger partial charge in [0.1, 0.15) is 4.90 Å². The first-order chi connectivity index (χ1) is 8.37. The van der Waals surface area contributed by atoms with Gasteiger partial charge in [-0.05, 0) is 12.1 Å². The van der Waals surface area contributed by atoms with E-state index >= 15 is 0 Å². The van der Waals surface area contributed by atoms with Crippen LogP contribution in [-0.4, -0.2) is 37.5 Å². The molecule has 4 nitrogen and oxygen atoms in total. The van der Waals surface area contributed by atoms with Gasteiger partial charge in [-0.15, -0.1) is 0 Å². The number of rotatable bonds is 3. The molecule has 1 saturated heterocycles. The van der Waals surface area contributed by atoms with Gasteiger partial charge in [-0.2, -0.15) is 4.31 Å². The highest BCUT2D eigenvalue weighted by molar-refractivity contribution is 7.89. The lowest BCUT2D eigenvalue weighted by atomic mass is 10.1. The monoisotopic (exact) mass is 281 g/mol. The van der Waals surface area contributed by atoms with Gasteiger partial charge < -0.3 is 5.11 Å². The average Bonchev–Trinajstić information content (AvgIpc) is 2.23. The van der Waals surface area contributed by atoms with Gasteiger partial charge in [0.05, 0.1) is 0 Å². The Bertz CT molecular complexity index is 570. The first kappa shape index (κ1) is 13.3. The van der Waals surface area contributed by atoms with Gasteiger partial charge in [0.2, 0.25) is 10.0 Å². The van der Waals surface area contributed by atoms with Gasteiger partial charge in [-0.1, -0.05) is 0 Å². The molecule has 0 saturated carbocycles. The van der Waals surface area contributed by atoms with Crippen molar-refractivity contribution in [3.8, 4) is 0 Å². The summed E-state index contributed by atoms with van der Waals surface area (Å²) in [6.45, 7) is -0.0964. The minimum Gasteiger partial charge on any atom is -0.396 e. The fraction of sp³-hybridized carbons (Fsp3) is 0.400. The zero-order valence-electron chi connectivity index (χ0n) is 9.11.